The topological polar surface area (TPSA) is 40.5 Å². The van der Waals surface area contributed by atoms with Gasteiger partial charge in [0.25, 0.3) is 0 Å². The Morgan fingerprint density at radius 2 is 0.727 bits per heavy atom. The van der Waals surface area contributed by atoms with Crippen LogP contribution >= 0.6 is 0 Å². The Labute approximate surface area is 133 Å². The molecule has 2 aromatic carbocycles. The lowest BCUT2D eigenvalue weighted by Gasteiger charge is -2.20. The van der Waals surface area contributed by atoms with E-state index in [1.165, 1.54) is 11.1 Å². The fourth-order valence-electron chi connectivity index (χ4n) is 2.52. The van der Waals surface area contributed by atoms with Crippen LogP contribution in [0.2, 0.25) is 0 Å². The van der Waals surface area contributed by atoms with Gasteiger partial charge in [0, 0.05) is 0 Å². The lowest BCUT2D eigenvalue weighted by atomic mass is 9.94. The number of aliphatic hydroxyl groups is 2. The third-order valence-electron chi connectivity index (χ3n) is 4.19. The Bertz CT molecular complexity index is 527. The van der Waals surface area contributed by atoms with Crippen LogP contribution < -0.4 is 0 Å². The summed E-state index contributed by atoms with van der Waals surface area (Å²) in [6, 6.07) is 15.6. The maximum atomic E-state index is 10.4. The van der Waals surface area contributed by atoms with Crippen LogP contribution in [0.1, 0.15) is 74.0 Å². The Morgan fingerprint density at radius 3 is 0.955 bits per heavy atom. The third kappa shape index (κ3) is 3.76. The summed E-state index contributed by atoms with van der Waals surface area (Å²) in [5, 5.41) is 20.8. The normalized spacial score (nSPS) is 14.4. The summed E-state index contributed by atoms with van der Waals surface area (Å²) in [6.45, 7) is 8.54. The highest BCUT2D eigenvalue weighted by atomic mass is 16.3. The molecule has 0 aliphatic rings. The van der Waals surface area contributed by atoms with Gasteiger partial charge in [0.2, 0.25) is 0 Å². The van der Waals surface area contributed by atoms with Crippen molar-refractivity contribution in [3.8, 4) is 0 Å². The molecule has 0 unspecified atom stereocenters. The van der Waals surface area contributed by atoms with Crippen LogP contribution in [0.5, 0.6) is 0 Å². The minimum Gasteiger partial charge on any atom is -0.385 e. The highest BCUT2D eigenvalue weighted by molar-refractivity contribution is 5.31. The first kappa shape index (κ1) is 16.7. The van der Waals surface area contributed by atoms with Crippen LogP contribution in [0.3, 0.4) is 0 Å². The average Bonchev–Trinajstić information content (AvgIpc) is 2.53. The second-order valence-electron chi connectivity index (χ2n) is 6.53. The largest absolute Gasteiger partial charge is 0.385 e. The van der Waals surface area contributed by atoms with E-state index in [0.717, 1.165) is 11.1 Å². The van der Waals surface area contributed by atoms with E-state index in [4.69, 9.17) is 0 Å². The monoisotopic (exact) mass is 298 g/mol. The lowest BCUT2D eigenvalue weighted by molar-refractivity contribution is 0.0172. The van der Waals surface area contributed by atoms with Crippen LogP contribution in [0.15, 0.2) is 48.5 Å². The molecule has 0 aromatic heterocycles. The predicted octanol–water partition coefficient (Wildman–Crippen LogP) is 4.70. The van der Waals surface area contributed by atoms with E-state index >= 15 is 0 Å². The molecule has 0 bridgehead atoms. The van der Waals surface area contributed by atoms with Crippen molar-refractivity contribution in [2.45, 2.75) is 51.7 Å². The summed E-state index contributed by atoms with van der Waals surface area (Å²) in [4.78, 5) is 0. The molecule has 0 saturated heterocycles. The van der Waals surface area contributed by atoms with Crippen LogP contribution in [0, 0.1) is 0 Å². The van der Waals surface area contributed by atoms with Gasteiger partial charge in [-0.2, -0.15) is 0 Å². The summed E-state index contributed by atoms with van der Waals surface area (Å²) < 4.78 is 0. The summed E-state index contributed by atoms with van der Waals surface area (Å²) in [6.07, 6.45) is -1.82. The molecule has 0 aliphatic heterocycles. The van der Waals surface area contributed by atoms with Crippen molar-refractivity contribution in [1.82, 2.24) is 0 Å². The highest BCUT2D eigenvalue weighted by Gasteiger charge is 2.20. The van der Waals surface area contributed by atoms with Crippen molar-refractivity contribution in [2.75, 3.05) is 0 Å². The van der Waals surface area contributed by atoms with Gasteiger partial charge in [-0.25, -0.2) is 0 Å². The first-order valence-electron chi connectivity index (χ1n) is 7.96. The molecule has 0 saturated carbocycles. The van der Waals surface area contributed by atoms with Gasteiger partial charge >= 0.3 is 0 Å². The van der Waals surface area contributed by atoms with Gasteiger partial charge in [-0.05, 0) is 34.1 Å². The molecule has 22 heavy (non-hydrogen) atoms. The van der Waals surface area contributed by atoms with Crippen LogP contribution in [-0.2, 0) is 0 Å². The molecule has 2 aromatic rings. The molecule has 2 atom stereocenters. The zero-order chi connectivity index (χ0) is 16.3. The Morgan fingerprint density at radius 1 is 0.500 bits per heavy atom. The van der Waals surface area contributed by atoms with Crippen molar-refractivity contribution in [1.29, 1.82) is 0 Å². The zero-order valence-corrected chi connectivity index (χ0v) is 13.8. The van der Waals surface area contributed by atoms with Gasteiger partial charge < -0.3 is 10.2 Å². The second kappa shape index (κ2) is 7.08. The van der Waals surface area contributed by atoms with Gasteiger partial charge in [-0.3, -0.25) is 0 Å². The number of benzene rings is 2. The minimum absolute atomic E-state index is 0.458. The standard InChI is InChI=1S/C20H26O2/c1-13(2)15-5-9-17(10-6-15)19(21)20(22)18-11-7-16(8-12-18)14(3)4/h5-14,19-22H,1-4H3/t19-,20-/m1/s1. The molecule has 0 heterocycles. The molecular formula is C20H26O2. The van der Waals surface area contributed by atoms with E-state index in [2.05, 4.69) is 27.7 Å². The second-order valence-corrected chi connectivity index (χ2v) is 6.53. The third-order valence-corrected chi connectivity index (χ3v) is 4.19. The number of aliphatic hydroxyl groups excluding tert-OH is 2. The average molecular weight is 298 g/mol. The van der Waals surface area contributed by atoms with Crippen molar-refractivity contribution >= 4 is 0 Å². The fourth-order valence-corrected chi connectivity index (χ4v) is 2.52. The van der Waals surface area contributed by atoms with Crippen molar-refractivity contribution in [2.24, 2.45) is 0 Å². The summed E-state index contributed by atoms with van der Waals surface area (Å²) in [5.74, 6) is 0.916. The molecule has 118 valence electrons. The van der Waals surface area contributed by atoms with E-state index < -0.39 is 12.2 Å². The number of hydrogen-bond donors (Lipinski definition) is 2. The highest BCUT2D eigenvalue weighted by Crippen LogP contribution is 2.30. The molecule has 0 aliphatic carbocycles. The molecular weight excluding hydrogens is 272 g/mol. The molecule has 2 heteroatoms. The Hall–Kier alpha value is -1.64. The zero-order valence-electron chi connectivity index (χ0n) is 13.8. The van der Waals surface area contributed by atoms with E-state index in [0.29, 0.717) is 11.8 Å². The first-order valence-corrected chi connectivity index (χ1v) is 7.96. The summed E-state index contributed by atoms with van der Waals surface area (Å²) in [5.41, 5.74) is 3.94. The molecule has 2 N–H and O–H groups in total. The minimum atomic E-state index is -0.911. The summed E-state index contributed by atoms with van der Waals surface area (Å²) >= 11 is 0. The van der Waals surface area contributed by atoms with E-state index in [9.17, 15) is 10.2 Å². The van der Waals surface area contributed by atoms with E-state index in [1.807, 2.05) is 48.5 Å². The maximum absolute atomic E-state index is 10.4. The summed E-state index contributed by atoms with van der Waals surface area (Å²) in [7, 11) is 0. The predicted molar refractivity (Wildman–Crippen MR) is 91.0 cm³/mol. The van der Waals surface area contributed by atoms with Crippen LogP contribution in [0.25, 0.3) is 0 Å². The van der Waals surface area contributed by atoms with Crippen molar-refractivity contribution in [3.63, 3.8) is 0 Å². The van der Waals surface area contributed by atoms with Gasteiger partial charge in [-0.1, -0.05) is 76.2 Å². The fraction of sp³-hybridized carbons (Fsp3) is 0.400. The van der Waals surface area contributed by atoms with Gasteiger partial charge in [0.15, 0.2) is 0 Å². The molecule has 0 fully saturated rings. The smallest absolute Gasteiger partial charge is 0.109 e. The number of rotatable bonds is 5. The maximum Gasteiger partial charge on any atom is 0.109 e. The molecule has 0 amide bonds. The molecule has 2 nitrogen and oxygen atoms in total. The van der Waals surface area contributed by atoms with Gasteiger partial charge in [-0.15, -0.1) is 0 Å². The first-order chi connectivity index (χ1) is 10.4. The Balaban J connectivity index is 2.15. The lowest BCUT2D eigenvalue weighted by Crippen LogP contribution is -2.10. The van der Waals surface area contributed by atoms with Gasteiger partial charge in [0.05, 0.1) is 0 Å². The molecule has 2 rings (SSSR count). The van der Waals surface area contributed by atoms with E-state index in [1.54, 1.807) is 0 Å². The molecule has 0 spiro atoms. The van der Waals surface area contributed by atoms with Crippen LogP contribution in [-0.4, -0.2) is 10.2 Å². The Kier molecular flexibility index (Phi) is 5.38. The van der Waals surface area contributed by atoms with Crippen molar-refractivity contribution < 1.29 is 10.2 Å². The van der Waals surface area contributed by atoms with Crippen molar-refractivity contribution in [3.05, 3.63) is 70.8 Å². The van der Waals surface area contributed by atoms with Crippen LogP contribution in [0.4, 0.5) is 0 Å². The molecule has 0 radical (unpaired) electrons. The quantitative estimate of drug-likeness (QED) is 0.840. The van der Waals surface area contributed by atoms with E-state index in [-0.39, 0.29) is 0 Å². The SMILES string of the molecule is CC(C)c1ccc([C@@H](O)[C@H](O)c2ccc(C(C)C)cc2)cc1. The number of hydrogen-bond acceptors (Lipinski definition) is 2. The van der Waals surface area contributed by atoms with Gasteiger partial charge in [0.1, 0.15) is 12.2 Å².